The lowest BCUT2D eigenvalue weighted by molar-refractivity contribution is -0.141. The minimum absolute atomic E-state index is 0.0189. The Morgan fingerprint density at radius 1 is 0.691 bits per heavy atom. The van der Waals surface area contributed by atoms with Gasteiger partial charge in [-0.1, -0.05) is 68.8 Å². The van der Waals surface area contributed by atoms with Crippen LogP contribution in [0.4, 0.5) is 4.79 Å². The first-order valence-electron chi connectivity index (χ1n) is 25.9. The number of hydrogen-bond acceptors (Lipinski definition) is 14. The minimum atomic E-state index is -4.83. The Morgan fingerprint density at radius 3 is 1.81 bits per heavy atom. The van der Waals surface area contributed by atoms with Gasteiger partial charge in [-0.25, -0.2) is 4.79 Å². The van der Waals surface area contributed by atoms with Gasteiger partial charge < -0.3 is 62.0 Å². The van der Waals surface area contributed by atoms with Crippen molar-refractivity contribution < 1.29 is 70.1 Å². The van der Waals surface area contributed by atoms with E-state index >= 15 is 0 Å². The average molecular weight is 1170 g/mol. The van der Waals surface area contributed by atoms with Gasteiger partial charge >= 0.3 is 22.5 Å². The second kappa shape index (κ2) is 29.1. The number of hydrogen-bond donors (Lipinski definition) is 11. The van der Waals surface area contributed by atoms with E-state index in [0.29, 0.717) is 27.8 Å². The first kappa shape index (κ1) is 65.8. The first-order chi connectivity index (χ1) is 37.7. The maximum atomic E-state index is 14.6. The Morgan fingerprint density at radius 2 is 1.25 bits per heavy atom. The van der Waals surface area contributed by atoms with Crippen molar-refractivity contribution in [2.24, 2.45) is 11.1 Å². The van der Waals surface area contributed by atoms with Crippen LogP contribution in [0.25, 0.3) is 10.9 Å². The molecular weight excluding hydrogens is 1090 g/mol. The van der Waals surface area contributed by atoms with Gasteiger partial charge in [-0.05, 0) is 118 Å². The summed E-state index contributed by atoms with van der Waals surface area (Å²) < 4.78 is 41.3. The lowest BCUT2D eigenvalue weighted by Crippen LogP contribution is -2.59. The summed E-state index contributed by atoms with van der Waals surface area (Å²) in [6, 6.07) is 7.64. The monoisotopic (exact) mass is 1170 g/mol. The average Bonchev–Trinajstić information content (AvgIpc) is 3.75. The fraction of sp³-hybridized carbons (Fsp3) is 0.473. The van der Waals surface area contributed by atoms with Gasteiger partial charge in [0.25, 0.3) is 0 Å². The fourth-order valence-corrected chi connectivity index (χ4v) is 9.55. The zero-order valence-corrected chi connectivity index (χ0v) is 48.7. The molecule has 0 aliphatic carbocycles. The van der Waals surface area contributed by atoms with Crippen molar-refractivity contribution in [3.63, 3.8) is 0 Å². The number of thioether (sulfide) groups is 1. The van der Waals surface area contributed by atoms with E-state index in [0.717, 1.165) is 22.3 Å². The maximum absolute atomic E-state index is 14.6. The summed E-state index contributed by atoms with van der Waals surface area (Å²) in [5, 5.41) is 28.5. The molecule has 81 heavy (non-hydrogen) atoms. The molecule has 0 aliphatic heterocycles. The topological polar surface area (TPSA) is 373 Å². The number of carbonyl (C=O) groups excluding carboxylic acids is 8. The van der Waals surface area contributed by atoms with E-state index in [1.54, 1.807) is 78.3 Å². The molecule has 0 unspecified atom stereocenters. The number of carboxylic acid groups (broad SMARTS) is 1. The zero-order chi connectivity index (χ0) is 60.6. The summed E-state index contributed by atoms with van der Waals surface area (Å²) in [6.07, 6.45) is 1.17. The Labute approximate surface area is 475 Å². The van der Waals surface area contributed by atoms with Crippen molar-refractivity contribution >= 4 is 86.5 Å². The third kappa shape index (κ3) is 22.4. The SMILES string of the molecule is CSCC[C@H](NC(=O)[C@H](Cc1ccc(OS(=O)(=O)O)cc1)NC(=O)OC(C)(C)C)C(=O)NCC(=O)N[C@@H](Cc1c[nH]c2ccccc12)C(=O)N[C@@H](CC(C)(C)C)C(=O)N[C@@H](CC(=O)O)C(=O)N[C@@H](Cc1c(C)cc(C)cc1C)C(N)=O. The molecule has 442 valence electrons. The van der Waals surface area contributed by atoms with Gasteiger partial charge in [-0.15, -0.1) is 0 Å². The lowest BCUT2D eigenvalue weighted by Gasteiger charge is -2.29. The molecule has 1 aromatic heterocycles. The lowest BCUT2D eigenvalue weighted by atomic mass is 9.87. The largest absolute Gasteiger partial charge is 0.481 e. The number of H-pyrrole nitrogens is 1. The molecule has 1 heterocycles. The van der Waals surface area contributed by atoms with Gasteiger partial charge in [-0.3, -0.25) is 42.9 Å². The smallest absolute Gasteiger partial charge is 0.446 e. The van der Waals surface area contributed by atoms with Crippen molar-refractivity contribution in [2.75, 3.05) is 18.6 Å². The van der Waals surface area contributed by atoms with Gasteiger partial charge in [0.05, 0.1) is 13.0 Å². The molecule has 4 rings (SSSR count). The predicted molar refractivity (Wildman–Crippen MR) is 303 cm³/mol. The van der Waals surface area contributed by atoms with Gasteiger partial charge in [0, 0.05) is 36.4 Å². The Hall–Kier alpha value is -7.71. The van der Waals surface area contributed by atoms with Gasteiger partial charge in [0.15, 0.2) is 0 Å². The molecular formula is C55H75N9O15S2. The quantitative estimate of drug-likeness (QED) is 0.0364. The Kier molecular flexibility index (Phi) is 23.7. The number of amides is 8. The molecule has 26 heteroatoms. The van der Waals surface area contributed by atoms with Gasteiger partial charge in [-0.2, -0.15) is 20.2 Å². The third-order valence-corrected chi connectivity index (χ3v) is 13.4. The van der Waals surface area contributed by atoms with E-state index in [4.69, 9.17) is 15.0 Å². The van der Waals surface area contributed by atoms with Crippen LogP contribution >= 0.6 is 11.8 Å². The number of carboxylic acids is 1. The number of ether oxygens (including phenoxy) is 1. The van der Waals surface area contributed by atoms with E-state index in [-0.39, 0.29) is 37.9 Å². The summed E-state index contributed by atoms with van der Waals surface area (Å²) in [4.78, 5) is 125. The number of fused-ring (bicyclic) bond motifs is 1. The first-order valence-corrected chi connectivity index (χ1v) is 28.6. The van der Waals surface area contributed by atoms with Crippen molar-refractivity contribution in [3.05, 3.63) is 100 Å². The van der Waals surface area contributed by atoms with E-state index in [9.17, 15) is 56.7 Å². The molecule has 4 aromatic rings. The van der Waals surface area contributed by atoms with Crippen molar-refractivity contribution in [2.45, 2.75) is 143 Å². The molecule has 0 bridgehead atoms. The van der Waals surface area contributed by atoms with Crippen LogP contribution in [0.15, 0.2) is 66.9 Å². The molecule has 0 fully saturated rings. The summed E-state index contributed by atoms with van der Waals surface area (Å²) in [5.41, 5.74) is 9.17. The van der Waals surface area contributed by atoms with E-state index < -0.39 is 124 Å². The van der Waals surface area contributed by atoms with Crippen LogP contribution in [-0.2, 0) is 72.8 Å². The van der Waals surface area contributed by atoms with E-state index in [1.807, 2.05) is 32.9 Å². The highest BCUT2D eigenvalue weighted by molar-refractivity contribution is 7.98. The number of para-hydroxylation sites is 1. The number of rotatable bonds is 28. The summed E-state index contributed by atoms with van der Waals surface area (Å²) in [6.45, 7) is 15.0. The molecule has 8 amide bonds. The van der Waals surface area contributed by atoms with Crippen LogP contribution in [0.5, 0.6) is 5.75 Å². The molecule has 0 spiro atoms. The molecule has 0 saturated heterocycles. The molecule has 0 aliphatic rings. The van der Waals surface area contributed by atoms with Crippen molar-refractivity contribution in [3.8, 4) is 5.75 Å². The van der Waals surface area contributed by atoms with Crippen LogP contribution in [-0.4, -0.2) is 137 Å². The van der Waals surface area contributed by atoms with Crippen LogP contribution in [0.1, 0.15) is 94.2 Å². The van der Waals surface area contributed by atoms with Crippen LogP contribution in [0, 0.1) is 26.2 Å². The minimum Gasteiger partial charge on any atom is -0.481 e. The van der Waals surface area contributed by atoms with Gasteiger partial charge in [0.2, 0.25) is 41.4 Å². The summed E-state index contributed by atoms with van der Waals surface area (Å²) >= 11 is 1.36. The molecule has 0 radical (unpaired) electrons. The second-order valence-electron chi connectivity index (χ2n) is 21.8. The highest BCUT2D eigenvalue weighted by atomic mass is 32.3. The van der Waals surface area contributed by atoms with Crippen LogP contribution < -0.4 is 47.1 Å². The highest BCUT2D eigenvalue weighted by Gasteiger charge is 2.35. The summed E-state index contributed by atoms with van der Waals surface area (Å²) in [7, 11) is -4.83. The van der Waals surface area contributed by atoms with E-state index in [2.05, 4.69) is 46.4 Å². The number of benzene rings is 3. The zero-order valence-electron chi connectivity index (χ0n) is 47.1. The molecule has 0 saturated carbocycles. The van der Waals surface area contributed by atoms with Crippen LogP contribution in [0.2, 0.25) is 0 Å². The standard InChI is InChI=1S/C55H75N9O15S2/c1-30-21-31(2)37(32(3)22-30)25-40(47(56)68)61-51(72)43(26-46(66)67)62-52(73)44(27-54(4,5)6)63-50(71)42(24-34-28-57-38-14-12-11-13-36(34)38)59-45(65)29-58-48(69)39(19-20-80-10)60-49(70)41(64-53(74)78-55(7,8)9)23-33-15-17-35(18-16-33)79-81(75,76)77/h11-18,21-22,28,39-44,57H,19-20,23-27,29H2,1-10H3,(H2,56,68)(H,58,69)(H,59,65)(H,60,70)(H,61,72)(H,62,73)(H,63,71)(H,64,74)(H,66,67)(H,75,76,77)/t39-,40-,41-,42-,43-,44-/m0/s1. The Balaban J connectivity index is 1.57. The number of aromatic amines is 1. The number of aliphatic carboxylic acids is 1. The fourth-order valence-electron chi connectivity index (χ4n) is 8.72. The molecule has 12 N–H and O–H groups in total. The predicted octanol–water partition coefficient (Wildman–Crippen LogP) is 2.89. The molecule has 24 nitrogen and oxygen atoms in total. The Bertz CT molecular complexity index is 3020. The number of nitrogens with two attached hydrogens (primary N) is 1. The number of nitrogens with one attached hydrogen (secondary N) is 8. The normalized spacial score (nSPS) is 13.9. The number of aromatic nitrogens is 1. The third-order valence-electron chi connectivity index (χ3n) is 12.4. The van der Waals surface area contributed by atoms with E-state index in [1.165, 1.54) is 36.0 Å². The number of aryl methyl sites for hydroxylation is 3. The second-order valence-corrected chi connectivity index (χ2v) is 23.8. The van der Waals surface area contributed by atoms with Gasteiger partial charge in [0.1, 0.15) is 47.6 Å². The highest BCUT2D eigenvalue weighted by Crippen LogP contribution is 2.24. The maximum Gasteiger partial charge on any atom is 0.446 e. The number of carbonyl (C=O) groups is 9. The number of alkyl carbamates (subject to hydrolysis) is 1. The van der Waals surface area contributed by atoms with Crippen molar-refractivity contribution in [1.82, 2.24) is 42.2 Å². The van der Waals surface area contributed by atoms with Crippen molar-refractivity contribution in [1.29, 1.82) is 0 Å². The molecule has 3 aromatic carbocycles. The summed E-state index contributed by atoms with van der Waals surface area (Å²) in [5.74, 6) is -7.58. The van der Waals surface area contributed by atoms with Crippen LogP contribution in [0.3, 0.4) is 0 Å². The number of primary amides is 1. The molecule has 6 atom stereocenters.